The molecular formula is C26H34F2N4O3S2. The summed E-state index contributed by atoms with van der Waals surface area (Å²) in [4.78, 5) is 21.2. The van der Waals surface area contributed by atoms with Gasteiger partial charge in [-0.25, -0.2) is 22.2 Å². The molecule has 0 saturated carbocycles. The molecule has 3 rings (SSSR count). The van der Waals surface area contributed by atoms with Gasteiger partial charge in [0.2, 0.25) is 10.0 Å². The lowest BCUT2D eigenvalue weighted by atomic mass is 10.2. The van der Waals surface area contributed by atoms with E-state index in [-0.39, 0.29) is 39.5 Å². The SMILES string of the molecule is CC(C)CN(CC(C)C)S(=O)(=O)c1ccc(C(=O)N(CCN(C)C)c2nc3c(F)cc(F)cc3s2)cc1. The minimum atomic E-state index is -3.74. The van der Waals surface area contributed by atoms with E-state index < -0.39 is 27.6 Å². The maximum Gasteiger partial charge on any atom is 0.260 e. The second kappa shape index (κ2) is 11.9. The Morgan fingerprint density at radius 2 is 1.57 bits per heavy atom. The molecule has 1 aromatic heterocycles. The molecule has 0 bridgehead atoms. The number of fused-ring (bicyclic) bond motifs is 1. The predicted molar refractivity (Wildman–Crippen MR) is 145 cm³/mol. The number of aromatic nitrogens is 1. The van der Waals surface area contributed by atoms with E-state index in [4.69, 9.17) is 0 Å². The highest BCUT2D eigenvalue weighted by atomic mass is 32.2. The maximum absolute atomic E-state index is 14.3. The molecule has 0 aliphatic rings. The molecule has 0 aliphatic carbocycles. The van der Waals surface area contributed by atoms with Gasteiger partial charge in [-0.1, -0.05) is 39.0 Å². The maximum atomic E-state index is 14.3. The summed E-state index contributed by atoms with van der Waals surface area (Å²) in [5.41, 5.74) is 0.267. The number of rotatable bonds is 11. The molecule has 7 nitrogen and oxygen atoms in total. The summed E-state index contributed by atoms with van der Waals surface area (Å²) in [5.74, 6) is -1.60. The number of thiazole rings is 1. The van der Waals surface area contributed by atoms with Gasteiger partial charge in [0.25, 0.3) is 5.91 Å². The topological polar surface area (TPSA) is 73.8 Å². The van der Waals surface area contributed by atoms with Gasteiger partial charge >= 0.3 is 0 Å². The third-order valence-corrected chi connectivity index (χ3v) is 8.40. The number of sulfonamides is 1. The Kier molecular flexibility index (Phi) is 9.38. The van der Waals surface area contributed by atoms with E-state index in [0.29, 0.717) is 24.3 Å². The lowest BCUT2D eigenvalue weighted by Gasteiger charge is -2.26. The van der Waals surface area contributed by atoms with Crippen molar-refractivity contribution in [2.24, 2.45) is 11.8 Å². The normalized spacial score (nSPS) is 12.4. The van der Waals surface area contributed by atoms with Gasteiger partial charge < -0.3 is 4.90 Å². The molecule has 3 aromatic rings. The van der Waals surface area contributed by atoms with Crippen LogP contribution in [0.15, 0.2) is 41.3 Å². The van der Waals surface area contributed by atoms with Crippen molar-refractivity contribution in [3.63, 3.8) is 0 Å². The second-order valence-corrected chi connectivity index (χ2v) is 13.1. The zero-order chi connectivity index (χ0) is 27.5. The molecule has 37 heavy (non-hydrogen) atoms. The summed E-state index contributed by atoms with van der Waals surface area (Å²) < 4.78 is 56.4. The van der Waals surface area contributed by atoms with Crippen molar-refractivity contribution in [2.45, 2.75) is 32.6 Å². The number of hydrogen-bond acceptors (Lipinski definition) is 6. The van der Waals surface area contributed by atoms with Crippen LogP contribution in [-0.4, -0.2) is 68.8 Å². The quantitative estimate of drug-likeness (QED) is 0.332. The van der Waals surface area contributed by atoms with Gasteiger partial charge in [0.1, 0.15) is 11.3 Å². The number of carbonyl (C=O) groups excluding carboxylic acids is 1. The van der Waals surface area contributed by atoms with E-state index >= 15 is 0 Å². The minimum Gasteiger partial charge on any atom is -0.308 e. The molecule has 1 heterocycles. The van der Waals surface area contributed by atoms with Gasteiger partial charge in [0.05, 0.1) is 9.60 Å². The lowest BCUT2D eigenvalue weighted by Crippen LogP contribution is -2.37. The molecule has 2 aromatic carbocycles. The van der Waals surface area contributed by atoms with Crippen molar-refractivity contribution in [3.05, 3.63) is 53.6 Å². The molecular weight excluding hydrogens is 518 g/mol. The standard InChI is InChI=1S/C26H34F2N4O3S2/c1-17(2)15-31(16-18(3)4)37(34,35)21-9-7-19(8-10-21)25(33)32(12-11-30(5)6)26-29-24-22(28)13-20(27)14-23(24)36-26/h7-10,13-14,17-18H,11-12,15-16H2,1-6H3. The van der Waals surface area contributed by atoms with Crippen LogP contribution in [0.3, 0.4) is 0 Å². The van der Waals surface area contributed by atoms with Gasteiger partial charge in [-0.05, 0) is 56.3 Å². The first kappa shape index (κ1) is 29.1. The Hall–Kier alpha value is -2.47. The molecule has 202 valence electrons. The third-order valence-electron chi connectivity index (χ3n) is 5.53. The highest BCUT2D eigenvalue weighted by Crippen LogP contribution is 2.32. The third kappa shape index (κ3) is 7.10. The van der Waals surface area contributed by atoms with Crippen molar-refractivity contribution < 1.29 is 22.0 Å². The number of benzene rings is 2. The molecule has 0 atom stereocenters. The summed E-state index contributed by atoms with van der Waals surface area (Å²) in [5, 5.41) is 0.239. The summed E-state index contributed by atoms with van der Waals surface area (Å²) >= 11 is 1.02. The number of carbonyl (C=O) groups is 1. The molecule has 0 unspecified atom stereocenters. The van der Waals surface area contributed by atoms with Crippen LogP contribution in [-0.2, 0) is 10.0 Å². The van der Waals surface area contributed by atoms with Gasteiger partial charge in [-0.15, -0.1) is 0 Å². The van der Waals surface area contributed by atoms with Crippen molar-refractivity contribution in [1.29, 1.82) is 0 Å². The summed E-state index contributed by atoms with van der Waals surface area (Å²) in [7, 11) is -0.0256. The molecule has 0 spiro atoms. The Balaban J connectivity index is 1.94. The van der Waals surface area contributed by atoms with Crippen molar-refractivity contribution in [1.82, 2.24) is 14.2 Å². The van der Waals surface area contributed by atoms with Gasteiger partial charge in [0, 0.05) is 37.8 Å². The molecule has 0 fully saturated rings. The van der Waals surface area contributed by atoms with E-state index in [2.05, 4.69) is 4.98 Å². The minimum absolute atomic E-state index is 0.000825. The number of hydrogen-bond donors (Lipinski definition) is 0. The number of amides is 1. The first-order valence-electron chi connectivity index (χ1n) is 12.1. The molecule has 11 heteroatoms. The number of likely N-dealkylation sites (N-methyl/N-ethyl adjacent to an activating group) is 1. The monoisotopic (exact) mass is 552 g/mol. The average Bonchev–Trinajstić information content (AvgIpc) is 3.22. The highest BCUT2D eigenvalue weighted by molar-refractivity contribution is 7.89. The van der Waals surface area contributed by atoms with Crippen molar-refractivity contribution >= 4 is 42.6 Å². The van der Waals surface area contributed by atoms with Crippen molar-refractivity contribution in [3.8, 4) is 0 Å². The second-order valence-electron chi connectivity index (χ2n) is 10.1. The Bertz CT molecular complexity index is 1330. The summed E-state index contributed by atoms with van der Waals surface area (Å²) in [6.45, 7) is 9.42. The van der Waals surface area contributed by atoms with Crippen LogP contribution >= 0.6 is 11.3 Å². The fraction of sp³-hybridized carbons (Fsp3) is 0.462. The van der Waals surface area contributed by atoms with E-state index in [1.54, 1.807) is 0 Å². The average molecular weight is 553 g/mol. The van der Waals surface area contributed by atoms with Gasteiger partial charge in [-0.2, -0.15) is 4.31 Å². The van der Waals surface area contributed by atoms with Crippen LogP contribution in [0.5, 0.6) is 0 Å². The van der Waals surface area contributed by atoms with E-state index in [9.17, 15) is 22.0 Å². The van der Waals surface area contributed by atoms with Crippen LogP contribution < -0.4 is 4.90 Å². The molecule has 0 N–H and O–H groups in total. The summed E-state index contributed by atoms with van der Waals surface area (Å²) in [6, 6.07) is 7.79. The number of nitrogens with zero attached hydrogens (tertiary/aromatic N) is 4. The highest BCUT2D eigenvalue weighted by Gasteiger charge is 2.27. The van der Waals surface area contributed by atoms with Crippen LogP contribution in [0.4, 0.5) is 13.9 Å². The molecule has 0 radical (unpaired) electrons. The Morgan fingerprint density at radius 3 is 2.11 bits per heavy atom. The lowest BCUT2D eigenvalue weighted by molar-refractivity contribution is 0.0985. The largest absolute Gasteiger partial charge is 0.308 e. The summed E-state index contributed by atoms with van der Waals surface area (Å²) in [6.07, 6.45) is 0. The van der Waals surface area contributed by atoms with Crippen LogP contribution in [0, 0.1) is 23.5 Å². The number of anilines is 1. The Labute approximate surface area is 221 Å². The fourth-order valence-corrected chi connectivity index (χ4v) is 6.60. The van der Waals surface area contributed by atoms with Crippen LogP contribution in [0.1, 0.15) is 38.1 Å². The van der Waals surface area contributed by atoms with Gasteiger partial charge in [-0.3, -0.25) is 9.69 Å². The zero-order valence-corrected chi connectivity index (χ0v) is 23.7. The number of halogens is 2. The predicted octanol–water partition coefficient (Wildman–Crippen LogP) is 5.09. The van der Waals surface area contributed by atoms with E-state index in [1.165, 1.54) is 39.5 Å². The molecule has 0 aliphatic heterocycles. The van der Waals surface area contributed by atoms with E-state index in [0.717, 1.165) is 17.4 Å². The molecule has 0 saturated heterocycles. The Morgan fingerprint density at radius 1 is 0.973 bits per heavy atom. The first-order chi connectivity index (χ1) is 17.3. The van der Waals surface area contributed by atoms with Crippen LogP contribution in [0.2, 0.25) is 0 Å². The fourth-order valence-electron chi connectivity index (χ4n) is 3.80. The molecule has 1 amide bonds. The van der Waals surface area contributed by atoms with E-state index in [1.807, 2.05) is 46.7 Å². The smallest absolute Gasteiger partial charge is 0.260 e. The van der Waals surface area contributed by atoms with Crippen LogP contribution in [0.25, 0.3) is 10.2 Å². The first-order valence-corrected chi connectivity index (χ1v) is 14.4. The zero-order valence-electron chi connectivity index (χ0n) is 22.0. The van der Waals surface area contributed by atoms with Gasteiger partial charge in [0.15, 0.2) is 10.9 Å². The van der Waals surface area contributed by atoms with Crippen molar-refractivity contribution in [2.75, 3.05) is 45.2 Å².